The third kappa shape index (κ3) is 1.44. The maximum Gasteiger partial charge on any atom is 0.306 e. The first-order valence-corrected chi connectivity index (χ1v) is 10.7. The van der Waals surface area contributed by atoms with Gasteiger partial charge in [0.1, 0.15) is 5.60 Å². The highest BCUT2D eigenvalue weighted by atomic mass is 16.6. The van der Waals surface area contributed by atoms with Crippen LogP contribution in [0.25, 0.3) is 0 Å². The Morgan fingerprint density at radius 3 is 2.81 bits per heavy atom. The summed E-state index contributed by atoms with van der Waals surface area (Å²) in [5.74, 6) is 5.86. The smallest absolute Gasteiger partial charge is 0.306 e. The fraction of sp³-hybridized carbons (Fsp3) is 0.739. The molecule has 1 aliphatic heterocycles. The van der Waals surface area contributed by atoms with E-state index in [1.54, 1.807) is 0 Å². The van der Waals surface area contributed by atoms with Crippen molar-refractivity contribution in [2.45, 2.75) is 51.0 Å². The van der Waals surface area contributed by atoms with Gasteiger partial charge >= 0.3 is 5.97 Å². The molecule has 10 atom stereocenters. The number of carbonyl (C=O) groups is 2. The Labute approximate surface area is 154 Å². The Balaban J connectivity index is 1.32. The molecule has 1 saturated heterocycles. The second-order valence-electron chi connectivity index (χ2n) is 10.5. The van der Waals surface area contributed by atoms with Gasteiger partial charge < -0.3 is 4.74 Å². The fourth-order valence-electron chi connectivity index (χ4n) is 8.98. The molecular weight excluding hydrogens is 324 g/mol. The SMILES string of the molecule is CC12CCC3C4C=CC(=O)C=C4[C@@H]4C[C@@H]4C3C1[C@@H]1C[C@@H]1[C@@]21CCC(=O)O1. The molecule has 1 spiro atoms. The highest BCUT2D eigenvalue weighted by Crippen LogP contribution is 2.80. The van der Waals surface area contributed by atoms with Crippen molar-refractivity contribution >= 4 is 11.8 Å². The normalized spacial score (nSPS) is 60.4. The molecule has 0 radical (unpaired) electrons. The maximum absolute atomic E-state index is 12.1. The Hall–Kier alpha value is -1.38. The summed E-state index contributed by atoms with van der Waals surface area (Å²) in [4.78, 5) is 24.0. The molecule has 0 N–H and O–H groups in total. The van der Waals surface area contributed by atoms with Crippen molar-refractivity contribution in [2.75, 3.05) is 0 Å². The number of ether oxygens (including phenoxy) is 1. The lowest BCUT2D eigenvalue weighted by Crippen LogP contribution is -2.55. The number of carbonyl (C=O) groups excluding carboxylic acids is 2. The molecule has 3 heteroatoms. The van der Waals surface area contributed by atoms with E-state index in [-0.39, 0.29) is 22.8 Å². The van der Waals surface area contributed by atoms with Gasteiger partial charge in [-0.15, -0.1) is 0 Å². The Bertz CT molecular complexity index is 823. The van der Waals surface area contributed by atoms with Gasteiger partial charge in [0.25, 0.3) is 0 Å². The molecule has 0 aromatic rings. The second-order valence-corrected chi connectivity index (χ2v) is 10.5. The first kappa shape index (κ1) is 14.6. The molecule has 26 heavy (non-hydrogen) atoms. The van der Waals surface area contributed by atoms with Crippen LogP contribution < -0.4 is 0 Å². The molecule has 7 aliphatic rings. The minimum absolute atomic E-state index is 0.0477. The maximum atomic E-state index is 12.1. The van der Waals surface area contributed by atoms with Crippen LogP contribution in [0, 0.1) is 52.8 Å². The highest BCUT2D eigenvalue weighted by molar-refractivity contribution is 6.01. The summed E-state index contributed by atoms with van der Waals surface area (Å²) in [6.07, 6.45) is 12.6. The molecule has 1 heterocycles. The van der Waals surface area contributed by atoms with Gasteiger partial charge in [-0.25, -0.2) is 0 Å². The van der Waals surface area contributed by atoms with Gasteiger partial charge in [-0.1, -0.05) is 18.6 Å². The number of hydrogen-bond donors (Lipinski definition) is 0. The molecule has 6 fully saturated rings. The first-order chi connectivity index (χ1) is 12.5. The van der Waals surface area contributed by atoms with E-state index in [0.29, 0.717) is 30.1 Å². The molecule has 0 aromatic heterocycles. The lowest BCUT2D eigenvalue weighted by atomic mass is 9.49. The van der Waals surface area contributed by atoms with E-state index in [2.05, 4.69) is 13.0 Å². The van der Waals surface area contributed by atoms with E-state index in [0.717, 1.165) is 30.1 Å². The summed E-state index contributed by atoms with van der Waals surface area (Å²) in [7, 11) is 0. The summed E-state index contributed by atoms with van der Waals surface area (Å²) in [5.41, 5.74) is 1.51. The number of hydrogen-bond acceptors (Lipinski definition) is 3. The van der Waals surface area contributed by atoms with Crippen LogP contribution in [0.4, 0.5) is 0 Å². The monoisotopic (exact) mass is 350 g/mol. The van der Waals surface area contributed by atoms with Crippen molar-refractivity contribution in [2.24, 2.45) is 52.8 Å². The van der Waals surface area contributed by atoms with Crippen molar-refractivity contribution in [3.8, 4) is 0 Å². The van der Waals surface area contributed by atoms with Gasteiger partial charge in [-0.3, -0.25) is 9.59 Å². The third-order valence-electron chi connectivity index (χ3n) is 9.89. The number of esters is 1. The zero-order valence-corrected chi connectivity index (χ0v) is 15.3. The van der Waals surface area contributed by atoms with E-state index >= 15 is 0 Å². The van der Waals surface area contributed by atoms with Crippen molar-refractivity contribution in [3.63, 3.8) is 0 Å². The lowest BCUT2D eigenvalue weighted by molar-refractivity contribution is -0.174. The van der Waals surface area contributed by atoms with Gasteiger partial charge in [0.2, 0.25) is 0 Å². The van der Waals surface area contributed by atoms with E-state index in [1.165, 1.54) is 31.3 Å². The van der Waals surface area contributed by atoms with Crippen LogP contribution in [0.2, 0.25) is 0 Å². The largest absolute Gasteiger partial charge is 0.458 e. The molecule has 0 bridgehead atoms. The molecule has 0 aromatic carbocycles. The number of ketones is 1. The van der Waals surface area contributed by atoms with Crippen molar-refractivity contribution in [3.05, 3.63) is 23.8 Å². The van der Waals surface area contributed by atoms with Gasteiger partial charge in [-0.2, -0.15) is 0 Å². The van der Waals surface area contributed by atoms with Crippen molar-refractivity contribution in [1.82, 2.24) is 0 Å². The minimum Gasteiger partial charge on any atom is -0.458 e. The molecule has 5 unspecified atom stereocenters. The van der Waals surface area contributed by atoms with Gasteiger partial charge in [0.05, 0.1) is 0 Å². The predicted molar refractivity (Wildman–Crippen MR) is 94.8 cm³/mol. The quantitative estimate of drug-likeness (QED) is 0.626. The van der Waals surface area contributed by atoms with E-state index in [1.807, 2.05) is 12.2 Å². The van der Waals surface area contributed by atoms with Gasteiger partial charge in [0, 0.05) is 23.7 Å². The molecule has 5 saturated carbocycles. The van der Waals surface area contributed by atoms with Crippen LogP contribution in [0.1, 0.15) is 45.4 Å². The summed E-state index contributed by atoms with van der Waals surface area (Å²) >= 11 is 0. The van der Waals surface area contributed by atoms with Crippen molar-refractivity contribution < 1.29 is 14.3 Å². The molecule has 0 amide bonds. The van der Waals surface area contributed by atoms with Crippen molar-refractivity contribution in [1.29, 1.82) is 0 Å². The van der Waals surface area contributed by atoms with E-state index in [4.69, 9.17) is 4.74 Å². The minimum atomic E-state index is -0.136. The van der Waals surface area contributed by atoms with Gasteiger partial charge in [0.15, 0.2) is 5.78 Å². The number of allylic oxidation sites excluding steroid dienone is 4. The molecular formula is C23H26O3. The van der Waals surface area contributed by atoms with Crippen LogP contribution in [0.3, 0.4) is 0 Å². The summed E-state index contributed by atoms with van der Waals surface area (Å²) in [6.45, 7) is 2.47. The summed E-state index contributed by atoms with van der Waals surface area (Å²) < 4.78 is 6.18. The molecule has 6 aliphatic carbocycles. The summed E-state index contributed by atoms with van der Waals surface area (Å²) in [6, 6.07) is 0. The predicted octanol–water partition coefficient (Wildman–Crippen LogP) is 3.69. The molecule has 136 valence electrons. The summed E-state index contributed by atoms with van der Waals surface area (Å²) in [5, 5.41) is 0. The average Bonchev–Trinajstić information content (AvgIpc) is 3.51. The zero-order chi connectivity index (χ0) is 17.4. The van der Waals surface area contributed by atoms with E-state index < -0.39 is 0 Å². The van der Waals surface area contributed by atoms with E-state index in [9.17, 15) is 9.59 Å². The average molecular weight is 350 g/mol. The zero-order valence-electron chi connectivity index (χ0n) is 15.3. The Morgan fingerprint density at radius 2 is 2.00 bits per heavy atom. The van der Waals surface area contributed by atoms with Crippen LogP contribution in [-0.4, -0.2) is 17.4 Å². The lowest BCUT2D eigenvalue weighted by Gasteiger charge is -2.56. The van der Waals surface area contributed by atoms with Crippen LogP contribution in [0.5, 0.6) is 0 Å². The fourth-order valence-corrected chi connectivity index (χ4v) is 8.98. The molecule has 7 rings (SSSR count). The number of rotatable bonds is 0. The highest BCUT2D eigenvalue weighted by Gasteiger charge is 2.80. The standard InChI is InChI=1S/C23H26O3/c1-22-6-4-13-12-3-2-11(24)8-14(12)15-9-16(15)20(13)21(22)17-10-18(17)23(22)7-5-19(25)26-23/h2-3,8,12-13,15-18,20-21H,4-7,9-10H2,1H3/t12?,13?,15-,16-,17+,18-,20?,21?,22?,23-/m0/s1. The Morgan fingerprint density at radius 1 is 1.12 bits per heavy atom. The van der Waals surface area contributed by atoms with Gasteiger partial charge in [-0.05, 0) is 79.8 Å². The first-order valence-electron chi connectivity index (χ1n) is 10.7. The topological polar surface area (TPSA) is 43.4 Å². The Kier molecular flexibility index (Phi) is 2.37. The van der Waals surface area contributed by atoms with Crippen LogP contribution in [-0.2, 0) is 14.3 Å². The number of fused-ring (bicyclic) bond motifs is 12. The van der Waals surface area contributed by atoms with Crippen LogP contribution in [0.15, 0.2) is 23.8 Å². The molecule has 3 nitrogen and oxygen atoms in total. The third-order valence-corrected chi connectivity index (χ3v) is 9.89. The van der Waals surface area contributed by atoms with Crippen LogP contribution >= 0.6 is 0 Å². The second kappa shape index (κ2) is 4.20.